The maximum Gasteiger partial charge on any atom is 0.221 e. The molecule has 3 rings (SSSR count). The Hall–Kier alpha value is -3.61. The summed E-state index contributed by atoms with van der Waals surface area (Å²) >= 11 is 0. The van der Waals surface area contributed by atoms with Crippen LogP contribution in [0.4, 0.5) is 34.4 Å². The fourth-order valence-corrected chi connectivity index (χ4v) is 2.43. The first-order valence-electron chi connectivity index (χ1n) is 8.10. The Bertz CT molecular complexity index is 924. The second kappa shape index (κ2) is 7.52. The Morgan fingerprint density at radius 2 is 1.54 bits per heavy atom. The zero-order valence-corrected chi connectivity index (χ0v) is 14.6. The summed E-state index contributed by atoms with van der Waals surface area (Å²) in [6, 6.07) is 15.2. The van der Waals surface area contributed by atoms with E-state index in [0.717, 1.165) is 22.6 Å². The summed E-state index contributed by atoms with van der Waals surface area (Å²) in [7, 11) is 0. The highest BCUT2D eigenvalue weighted by Gasteiger charge is 2.09. The van der Waals surface area contributed by atoms with Crippen molar-refractivity contribution in [3.05, 3.63) is 60.4 Å². The van der Waals surface area contributed by atoms with Crippen LogP contribution in [0.25, 0.3) is 0 Å². The number of hydrogen-bond acceptors (Lipinski definition) is 6. The normalized spacial score (nSPS) is 10.2. The van der Waals surface area contributed by atoms with Gasteiger partial charge in [0.2, 0.25) is 5.91 Å². The highest BCUT2D eigenvalue weighted by atomic mass is 16.1. The van der Waals surface area contributed by atoms with Crippen molar-refractivity contribution in [3.63, 3.8) is 0 Å². The van der Waals surface area contributed by atoms with Crippen molar-refractivity contribution in [2.45, 2.75) is 13.8 Å². The van der Waals surface area contributed by atoms with Crippen LogP contribution in [0.3, 0.4) is 0 Å². The van der Waals surface area contributed by atoms with Gasteiger partial charge in [-0.25, -0.2) is 9.97 Å². The van der Waals surface area contributed by atoms with E-state index in [1.165, 1.54) is 13.3 Å². The molecule has 0 aliphatic rings. The van der Waals surface area contributed by atoms with Gasteiger partial charge in [0.15, 0.2) is 11.6 Å². The van der Waals surface area contributed by atoms with Crippen molar-refractivity contribution < 1.29 is 4.79 Å². The highest BCUT2D eigenvalue weighted by Crippen LogP contribution is 2.28. The number of anilines is 6. The smallest absolute Gasteiger partial charge is 0.221 e. The Morgan fingerprint density at radius 3 is 2.15 bits per heavy atom. The summed E-state index contributed by atoms with van der Waals surface area (Å²) in [6.07, 6.45) is 1.45. The number of aromatic nitrogens is 2. The summed E-state index contributed by atoms with van der Waals surface area (Å²) in [5.74, 6) is 0.919. The van der Waals surface area contributed by atoms with Crippen LogP contribution >= 0.6 is 0 Å². The SMILES string of the molecule is CC(=O)Nc1ccc(Nc2ncnc(Nc3cccc(C)c3)c2N)cc1. The van der Waals surface area contributed by atoms with E-state index in [4.69, 9.17) is 5.73 Å². The van der Waals surface area contributed by atoms with Gasteiger partial charge in [-0.3, -0.25) is 4.79 Å². The Kier molecular flexibility index (Phi) is 4.98. The maximum absolute atomic E-state index is 11.1. The zero-order valence-electron chi connectivity index (χ0n) is 14.6. The van der Waals surface area contributed by atoms with Crippen LogP contribution in [0.15, 0.2) is 54.9 Å². The van der Waals surface area contributed by atoms with Crippen molar-refractivity contribution in [1.29, 1.82) is 0 Å². The third-order valence-electron chi connectivity index (χ3n) is 3.63. The molecule has 132 valence electrons. The van der Waals surface area contributed by atoms with Crippen molar-refractivity contribution in [3.8, 4) is 0 Å². The third-order valence-corrected chi connectivity index (χ3v) is 3.63. The number of aryl methyl sites for hydroxylation is 1. The van der Waals surface area contributed by atoms with Gasteiger partial charge >= 0.3 is 0 Å². The molecule has 7 heteroatoms. The van der Waals surface area contributed by atoms with Crippen LogP contribution in [0.5, 0.6) is 0 Å². The molecule has 0 bridgehead atoms. The molecule has 1 heterocycles. The van der Waals surface area contributed by atoms with Gasteiger partial charge in [-0.2, -0.15) is 0 Å². The van der Waals surface area contributed by atoms with E-state index in [-0.39, 0.29) is 5.91 Å². The average molecular weight is 348 g/mol. The molecule has 0 atom stereocenters. The fourth-order valence-electron chi connectivity index (χ4n) is 2.43. The molecule has 0 radical (unpaired) electrons. The van der Waals surface area contributed by atoms with Crippen molar-refractivity contribution >= 4 is 40.3 Å². The lowest BCUT2D eigenvalue weighted by molar-refractivity contribution is -0.114. The Labute approximate surface area is 151 Å². The van der Waals surface area contributed by atoms with Gasteiger partial charge in [0.1, 0.15) is 12.0 Å². The van der Waals surface area contributed by atoms with Crippen molar-refractivity contribution in [2.24, 2.45) is 0 Å². The van der Waals surface area contributed by atoms with Gasteiger partial charge in [-0.15, -0.1) is 0 Å². The topological polar surface area (TPSA) is 105 Å². The molecule has 5 N–H and O–H groups in total. The number of benzene rings is 2. The van der Waals surface area contributed by atoms with E-state index in [9.17, 15) is 4.79 Å². The number of nitrogen functional groups attached to an aromatic ring is 1. The van der Waals surface area contributed by atoms with Crippen molar-refractivity contribution in [2.75, 3.05) is 21.7 Å². The van der Waals surface area contributed by atoms with Gasteiger partial charge in [0, 0.05) is 24.0 Å². The number of carbonyl (C=O) groups excluding carboxylic acids is 1. The van der Waals surface area contributed by atoms with Crippen LogP contribution in [-0.2, 0) is 4.79 Å². The van der Waals surface area contributed by atoms with Crippen molar-refractivity contribution in [1.82, 2.24) is 9.97 Å². The van der Waals surface area contributed by atoms with E-state index < -0.39 is 0 Å². The molecule has 1 aromatic heterocycles. The van der Waals surface area contributed by atoms with Crippen LogP contribution in [-0.4, -0.2) is 15.9 Å². The van der Waals surface area contributed by atoms with Crippen LogP contribution < -0.4 is 21.7 Å². The van der Waals surface area contributed by atoms with E-state index in [1.807, 2.05) is 43.3 Å². The minimum atomic E-state index is -0.113. The molecule has 1 amide bonds. The molecule has 26 heavy (non-hydrogen) atoms. The molecule has 0 saturated heterocycles. The fraction of sp³-hybridized carbons (Fsp3) is 0.105. The van der Waals surface area contributed by atoms with Gasteiger partial charge in [0.25, 0.3) is 0 Å². The van der Waals surface area contributed by atoms with Gasteiger partial charge in [-0.1, -0.05) is 12.1 Å². The van der Waals surface area contributed by atoms with Gasteiger partial charge in [-0.05, 0) is 48.9 Å². The average Bonchev–Trinajstić information content (AvgIpc) is 2.60. The molecule has 0 fully saturated rings. The predicted molar refractivity (Wildman–Crippen MR) is 105 cm³/mol. The molecule has 7 nitrogen and oxygen atoms in total. The Balaban J connectivity index is 1.77. The number of hydrogen-bond donors (Lipinski definition) is 4. The van der Waals surface area contributed by atoms with E-state index in [0.29, 0.717) is 17.3 Å². The first-order valence-corrected chi connectivity index (χ1v) is 8.10. The number of nitrogens with zero attached hydrogens (tertiary/aromatic N) is 2. The van der Waals surface area contributed by atoms with Gasteiger partial charge in [0.05, 0.1) is 0 Å². The molecular formula is C19H20N6O. The summed E-state index contributed by atoms with van der Waals surface area (Å²) in [5.41, 5.74) is 10.2. The summed E-state index contributed by atoms with van der Waals surface area (Å²) < 4.78 is 0. The maximum atomic E-state index is 11.1. The number of amides is 1. The van der Waals surface area contributed by atoms with E-state index in [2.05, 4.69) is 25.9 Å². The lowest BCUT2D eigenvalue weighted by Crippen LogP contribution is -2.06. The number of nitrogens with one attached hydrogen (secondary N) is 3. The molecular weight excluding hydrogens is 328 g/mol. The molecule has 0 aliphatic carbocycles. The summed E-state index contributed by atoms with van der Waals surface area (Å²) in [4.78, 5) is 19.5. The summed E-state index contributed by atoms with van der Waals surface area (Å²) in [6.45, 7) is 3.49. The minimum Gasteiger partial charge on any atom is -0.393 e. The predicted octanol–water partition coefficient (Wildman–Crippen LogP) is 3.81. The molecule has 2 aromatic carbocycles. The van der Waals surface area contributed by atoms with Crippen LogP contribution in [0.1, 0.15) is 12.5 Å². The first-order chi connectivity index (χ1) is 12.5. The second-order valence-corrected chi connectivity index (χ2v) is 5.86. The standard InChI is InChI=1S/C19H20N6O/c1-12-4-3-5-16(10-12)25-19-17(20)18(21-11-22-19)24-15-8-6-14(7-9-15)23-13(2)26/h3-11H,20H2,1-2H3,(H,23,26)(H2,21,22,24,25). The lowest BCUT2D eigenvalue weighted by Gasteiger charge is -2.13. The number of carbonyl (C=O) groups is 1. The molecule has 0 aliphatic heterocycles. The quantitative estimate of drug-likeness (QED) is 0.559. The molecule has 3 aromatic rings. The van der Waals surface area contributed by atoms with Crippen LogP contribution in [0, 0.1) is 6.92 Å². The minimum absolute atomic E-state index is 0.113. The molecule has 0 saturated carbocycles. The third kappa shape index (κ3) is 4.27. The monoisotopic (exact) mass is 348 g/mol. The van der Waals surface area contributed by atoms with Gasteiger partial charge < -0.3 is 21.7 Å². The zero-order chi connectivity index (χ0) is 18.5. The molecule has 0 unspecified atom stereocenters. The highest BCUT2D eigenvalue weighted by molar-refractivity contribution is 5.89. The van der Waals surface area contributed by atoms with E-state index in [1.54, 1.807) is 12.1 Å². The lowest BCUT2D eigenvalue weighted by atomic mass is 10.2. The largest absolute Gasteiger partial charge is 0.393 e. The summed E-state index contributed by atoms with van der Waals surface area (Å²) in [5, 5.41) is 9.09. The first kappa shape index (κ1) is 17.2. The molecule has 0 spiro atoms. The second-order valence-electron chi connectivity index (χ2n) is 5.86. The Morgan fingerprint density at radius 1 is 0.923 bits per heavy atom. The number of nitrogens with two attached hydrogens (primary N) is 1. The van der Waals surface area contributed by atoms with E-state index >= 15 is 0 Å². The van der Waals surface area contributed by atoms with Crippen LogP contribution in [0.2, 0.25) is 0 Å². The number of rotatable bonds is 5.